The minimum absolute atomic E-state index is 0.0154. The summed E-state index contributed by atoms with van der Waals surface area (Å²) in [5.74, 6) is -1.89. The number of carbonyl (C=O) groups is 1. The van der Waals surface area contributed by atoms with Crippen LogP contribution >= 0.6 is 0 Å². The van der Waals surface area contributed by atoms with E-state index in [0.29, 0.717) is 6.42 Å². The van der Waals surface area contributed by atoms with Crippen molar-refractivity contribution in [2.24, 2.45) is 0 Å². The number of unbranched alkanes of at least 4 members (excludes halogenated alkanes) is 9. The summed E-state index contributed by atoms with van der Waals surface area (Å²) in [5, 5.41) is 30.3. The number of fused-ring (bicyclic) bond motifs is 1. The lowest BCUT2D eigenvalue weighted by Crippen LogP contribution is -2.41. The summed E-state index contributed by atoms with van der Waals surface area (Å²) in [7, 11) is 0. The molecule has 2 aliphatic rings. The lowest BCUT2D eigenvalue weighted by molar-refractivity contribution is -0.195. The zero-order valence-corrected chi connectivity index (χ0v) is 17.9. The van der Waals surface area contributed by atoms with Gasteiger partial charge in [-0.05, 0) is 31.8 Å². The standard InChI is InChI=1S/C24H38O5/c1-2-3-4-5-6-7-8-9-10-11-12-13-14-15-24(28)18-21(27)23-20(26)16-19(25)17-22(23)29-24/h5-6,17,19,25-26,28H,2-4,7-16,18H2,1H3/b6-5+. The van der Waals surface area contributed by atoms with Gasteiger partial charge in [0, 0.05) is 12.8 Å². The quantitative estimate of drug-likeness (QED) is 0.282. The molecule has 1 aliphatic carbocycles. The van der Waals surface area contributed by atoms with Crippen molar-refractivity contribution in [1.82, 2.24) is 0 Å². The first kappa shape index (κ1) is 23.7. The summed E-state index contributed by atoms with van der Waals surface area (Å²) in [4.78, 5) is 12.3. The molecule has 5 nitrogen and oxygen atoms in total. The molecule has 1 saturated heterocycles. The van der Waals surface area contributed by atoms with Crippen molar-refractivity contribution < 1.29 is 24.9 Å². The molecule has 0 aromatic heterocycles. The number of ketones is 1. The normalized spacial score (nSPS) is 24.6. The Labute approximate surface area is 175 Å². The third-order valence-electron chi connectivity index (χ3n) is 5.63. The van der Waals surface area contributed by atoms with Gasteiger partial charge >= 0.3 is 0 Å². The second-order valence-corrected chi connectivity index (χ2v) is 8.40. The predicted molar refractivity (Wildman–Crippen MR) is 114 cm³/mol. The van der Waals surface area contributed by atoms with Crippen LogP contribution in [0.5, 0.6) is 0 Å². The highest BCUT2D eigenvalue weighted by Gasteiger charge is 2.43. The molecule has 0 saturated carbocycles. The Hall–Kier alpha value is -1.59. The molecule has 0 bridgehead atoms. The Bertz CT molecular complexity index is 619. The number of ether oxygens (including phenoxy) is 1. The minimum atomic E-state index is -1.53. The van der Waals surface area contributed by atoms with E-state index in [-0.39, 0.29) is 35.7 Å². The third kappa shape index (κ3) is 7.98. The Morgan fingerprint density at radius 3 is 2.38 bits per heavy atom. The van der Waals surface area contributed by atoms with Crippen LogP contribution in [0.15, 0.2) is 35.3 Å². The summed E-state index contributed by atoms with van der Waals surface area (Å²) in [6.45, 7) is 2.22. The molecular weight excluding hydrogens is 368 g/mol. The van der Waals surface area contributed by atoms with E-state index in [2.05, 4.69) is 19.1 Å². The van der Waals surface area contributed by atoms with Gasteiger partial charge in [-0.1, -0.05) is 64.0 Å². The van der Waals surface area contributed by atoms with Crippen molar-refractivity contribution in [3.05, 3.63) is 35.3 Å². The van der Waals surface area contributed by atoms with E-state index < -0.39 is 11.9 Å². The second kappa shape index (κ2) is 12.2. The largest absolute Gasteiger partial charge is 0.511 e. The summed E-state index contributed by atoms with van der Waals surface area (Å²) in [6, 6.07) is 0. The number of hydrogen-bond acceptors (Lipinski definition) is 5. The lowest BCUT2D eigenvalue weighted by atomic mass is 9.89. The highest BCUT2D eigenvalue weighted by atomic mass is 16.6. The second-order valence-electron chi connectivity index (χ2n) is 8.40. The first-order valence-electron chi connectivity index (χ1n) is 11.4. The molecule has 1 fully saturated rings. The van der Waals surface area contributed by atoms with E-state index in [4.69, 9.17) is 4.74 Å². The van der Waals surface area contributed by atoms with Gasteiger partial charge in [0.05, 0.1) is 18.1 Å². The van der Waals surface area contributed by atoms with E-state index in [0.717, 1.165) is 19.3 Å². The molecule has 164 valence electrons. The zero-order valence-electron chi connectivity index (χ0n) is 17.9. The van der Waals surface area contributed by atoms with Crippen LogP contribution in [0.4, 0.5) is 0 Å². The fraction of sp³-hybridized carbons (Fsp3) is 0.708. The number of Topliss-reactive ketones (excluding diaryl/α,β-unsaturated/α-hetero) is 1. The molecule has 0 aromatic rings. The minimum Gasteiger partial charge on any atom is -0.511 e. The maximum Gasteiger partial charge on any atom is 0.215 e. The highest BCUT2D eigenvalue weighted by Crippen LogP contribution is 2.38. The molecule has 1 heterocycles. The van der Waals surface area contributed by atoms with Gasteiger partial charge in [0.2, 0.25) is 5.79 Å². The Balaban J connectivity index is 1.58. The Morgan fingerprint density at radius 1 is 1.07 bits per heavy atom. The SMILES string of the molecule is CCCC/C=C/CCCCCCCCCC1(O)CC(=O)C2=C(O)CC(O)C=C2O1. The van der Waals surface area contributed by atoms with Crippen molar-refractivity contribution in [3.8, 4) is 0 Å². The average molecular weight is 407 g/mol. The zero-order chi connectivity index (χ0) is 21.1. The third-order valence-corrected chi connectivity index (χ3v) is 5.63. The van der Waals surface area contributed by atoms with Crippen LogP contribution in [0.25, 0.3) is 0 Å². The van der Waals surface area contributed by atoms with Crippen LogP contribution in [0.3, 0.4) is 0 Å². The van der Waals surface area contributed by atoms with Crippen LogP contribution < -0.4 is 0 Å². The molecule has 0 spiro atoms. The fourth-order valence-corrected chi connectivity index (χ4v) is 3.97. The maximum atomic E-state index is 12.3. The van der Waals surface area contributed by atoms with Crippen molar-refractivity contribution in [2.45, 2.75) is 109 Å². The molecule has 1 aliphatic heterocycles. The molecule has 3 N–H and O–H groups in total. The van der Waals surface area contributed by atoms with Crippen LogP contribution in [-0.2, 0) is 9.53 Å². The average Bonchev–Trinajstić information content (AvgIpc) is 2.64. The molecular formula is C24H38O5. The van der Waals surface area contributed by atoms with Gasteiger partial charge in [0.15, 0.2) is 5.78 Å². The molecule has 5 heteroatoms. The number of aliphatic hydroxyl groups is 3. The van der Waals surface area contributed by atoms with Crippen molar-refractivity contribution in [2.75, 3.05) is 0 Å². The van der Waals surface area contributed by atoms with Gasteiger partial charge in [-0.3, -0.25) is 4.79 Å². The van der Waals surface area contributed by atoms with Crippen molar-refractivity contribution in [3.63, 3.8) is 0 Å². The van der Waals surface area contributed by atoms with E-state index in [9.17, 15) is 20.1 Å². The molecule has 2 rings (SSSR count). The number of carbonyl (C=O) groups excluding carboxylic acids is 1. The number of aliphatic hydroxyl groups excluding tert-OH is 2. The first-order valence-corrected chi connectivity index (χ1v) is 11.4. The summed E-state index contributed by atoms with van der Waals surface area (Å²) in [5.41, 5.74) is 0.111. The molecule has 2 unspecified atom stereocenters. The topological polar surface area (TPSA) is 87.0 Å². The van der Waals surface area contributed by atoms with Crippen molar-refractivity contribution >= 4 is 5.78 Å². The number of rotatable bonds is 13. The molecule has 0 radical (unpaired) electrons. The molecule has 29 heavy (non-hydrogen) atoms. The van der Waals surface area contributed by atoms with Gasteiger partial charge in [0.1, 0.15) is 11.5 Å². The molecule has 0 aromatic carbocycles. The van der Waals surface area contributed by atoms with Gasteiger partial charge in [-0.15, -0.1) is 0 Å². The highest BCUT2D eigenvalue weighted by molar-refractivity contribution is 6.01. The fourth-order valence-electron chi connectivity index (χ4n) is 3.97. The van der Waals surface area contributed by atoms with E-state index in [1.54, 1.807) is 0 Å². The van der Waals surface area contributed by atoms with Gasteiger partial charge < -0.3 is 20.1 Å². The van der Waals surface area contributed by atoms with E-state index in [1.807, 2.05) is 0 Å². The smallest absolute Gasteiger partial charge is 0.215 e. The summed E-state index contributed by atoms with van der Waals surface area (Å²) >= 11 is 0. The van der Waals surface area contributed by atoms with Crippen molar-refractivity contribution in [1.29, 1.82) is 0 Å². The number of hydrogen-bond donors (Lipinski definition) is 3. The van der Waals surface area contributed by atoms with Gasteiger partial charge in [-0.2, -0.15) is 0 Å². The Kier molecular flexibility index (Phi) is 9.95. The number of allylic oxidation sites excluding steroid dienone is 3. The van der Waals surface area contributed by atoms with E-state index in [1.165, 1.54) is 57.4 Å². The summed E-state index contributed by atoms with van der Waals surface area (Å²) < 4.78 is 5.61. The predicted octanol–water partition coefficient (Wildman–Crippen LogP) is 5.38. The maximum absolute atomic E-state index is 12.3. The van der Waals surface area contributed by atoms with Crippen LogP contribution in [-0.4, -0.2) is 33.0 Å². The monoisotopic (exact) mass is 406 g/mol. The van der Waals surface area contributed by atoms with Crippen LogP contribution in [0, 0.1) is 0 Å². The first-order chi connectivity index (χ1) is 13.9. The molecule has 2 atom stereocenters. The van der Waals surface area contributed by atoms with E-state index >= 15 is 0 Å². The van der Waals surface area contributed by atoms with Gasteiger partial charge in [0.25, 0.3) is 0 Å². The Morgan fingerprint density at radius 2 is 1.69 bits per heavy atom. The van der Waals surface area contributed by atoms with Crippen LogP contribution in [0.2, 0.25) is 0 Å². The lowest BCUT2D eigenvalue weighted by Gasteiger charge is -2.36. The van der Waals surface area contributed by atoms with Gasteiger partial charge in [-0.25, -0.2) is 0 Å². The summed E-state index contributed by atoms with van der Waals surface area (Å²) in [6.07, 6.45) is 18.1. The molecule has 0 amide bonds. The van der Waals surface area contributed by atoms with Crippen LogP contribution in [0.1, 0.15) is 96.8 Å².